The van der Waals surface area contributed by atoms with Gasteiger partial charge < -0.3 is 5.21 Å². The topological polar surface area (TPSA) is 42.2 Å². The molecule has 0 radical (unpaired) electrons. The zero-order valence-electron chi connectivity index (χ0n) is 11.6. The average molecular weight is 297 g/mol. The summed E-state index contributed by atoms with van der Waals surface area (Å²) in [5, 5.41) is 11.6. The Balaban J connectivity index is 2.23. The van der Waals surface area contributed by atoms with Crippen molar-refractivity contribution in [3.05, 3.63) is 60.2 Å². The van der Waals surface area contributed by atoms with Gasteiger partial charge in [0.2, 0.25) is 0 Å². The number of hydrogen-bond donors (Lipinski definition) is 1. The largest absolute Gasteiger partial charge is 0.428 e. The lowest BCUT2D eigenvalue weighted by molar-refractivity contribution is -0.109. The van der Waals surface area contributed by atoms with Gasteiger partial charge in [-0.2, -0.15) is 4.73 Å². The van der Waals surface area contributed by atoms with Crippen LogP contribution in [-0.2, 0) is 10.5 Å². The number of hydrogen-bond acceptors (Lipinski definition) is 3. The summed E-state index contributed by atoms with van der Waals surface area (Å²) in [6, 6.07) is 17.4. The molecule has 3 rings (SSSR count). The Bertz CT molecular complexity index is 793. The van der Waals surface area contributed by atoms with Gasteiger partial charge in [-0.25, -0.2) is 0 Å². The van der Waals surface area contributed by atoms with Crippen LogP contribution in [0.4, 0.5) is 0 Å². The molecule has 0 atom stereocenters. The van der Waals surface area contributed by atoms with Crippen molar-refractivity contribution in [1.29, 1.82) is 0 Å². The van der Waals surface area contributed by atoms with Gasteiger partial charge in [0.25, 0.3) is 0 Å². The van der Waals surface area contributed by atoms with Crippen LogP contribution in [0.2, 0.25) is 0 Å². The van der Waals surface area contributed by atoms with Gasteiger partial charge in [-0.3, -0.25) is 4.79 Å². The maximum absolute atomic E-state index is 11.3. The molecule has 0 saturated carbocycles. The van der Waals surface area contributed by atoms with Crippen LogP contribution in [-0.4, -0.2) is 15.1 Å². The summed E-state index contributed by atoms with van der Waals surface area (Å²) >= 11 is 1.26. The average Bonchev–Trinajstić information content (AvgIpc) is 2.79. The minimum atomic E-state index is 0.0729. The van der Waals surface area contributed by atoms with Gasteiger partial charge in [0, 0.05) is 23.6 Å². The molecular formula is C17H15NO2S. The standard InChI is InChI=1S/C17H15NO2S/c1-12(19)21-11-15-14-9-5-6-10-16(14)18(20)17(15)13-7-3-2-4-8-13/h2-10,20H,11H2,1H3. The highest BCUT2D eigenvalue weighted by Crippen LogP contribution is 2.35. The lowest BCUT2D eigenvalue weighted by atomic mass is 10.1. The Morgan fingerprint density at radius 2 is 1.76 bits per heavy atom. The third-order valence-corrected chi connectivity index (χ3v) is 4.26. The maximum Gasteiger partial charge on any atom is 0.186 e. The normalized spacial score (nSPS) is 10.9. The Morgan fingerprint density at radius 1 is 1.10 bits per heavy atom. The van der Waals surface area contributed by atoms with Crippen LogP contribution in [0, 0.1) is 0 Å². The van der Waals surface area contributed by atoms with Crippen LogP contribution in [0.3, 0.4) is 0 Å². The molecule has 2 aromatic carbocycles. The smallest absolute Gasteiger partial charge is 0.186 e. The minimum Gasteiger partial charge on any atom is -0.428 e. The third-order valence-electron chi connectivity index (χ3n) is 3.42. The minimum absolute atomic E-state index is 0.0729. The second kappa shape index (κ2) is 5.66. The number of fused-ring (bicyclic) bond motifs is 1. The molecule has 0 bridgehead atoms. The number of aromatic nitrogens is 1. The first-order valence-electron chi connectivity index (χ1n) is 6.69. The van der Waals surface area contributed by atoms with E-state index in [-0.39, 0.29) is 5.12 Å². The summed E-state index contributed by atoms with van der Waals surface area (Å²) in [6.45, 7) is 1.56. The van der Waals surface area contributed by atoms with Gasteiger partial charge in [-0.15, -0.1) is 0 Å². The van der Waals surface area contributed by atoms with Gasteiger partial charge in [-0.05, 0) is 11.6 Å². The number of nitrogens with zero attached hydrogens (tertiary/aromatic N) is 1. The van der Waals surface area contributed by atoms with Crippen molar-refractivity contribution in [3.8, 4) is 11.3 Å². The molecule has 0 saturated heterocycles. The molecule has 21 heavy (non-hydrogen) atoms. The fraction of sp³-hybridized carbons (Fsp3) is 0.118. The van der Waals surface area contributed by atoms with E-state index >= 15 is 0 Å². The molecule has 0 spiro atoms. The second-order valence-electron chi connectivity index (χ2n) is 4.80. The van der Waals surface area contributed by atoms with Gasteiger partial charge in [-0.1, -0.05) is 60.3 Å². The van der Waals surface area contributed by atoms with Crippen molar-refractivity contribution in [2.75, 3.05) is 0 Å². The van der Waals surface area contributed by atoms with Crippen molar-refractivity contribution < 1.29 is 10.0 Å². The van der Waals surface area contributed by atoms with E-state index in [4.69, 9.17) is 0 Å². The number of benzene rings is 2. The van der Waals surface area contributed by atoms with E-state index in [0.29, 0.717) is 5.75 Å². The van der Waals surface area contributed by atoms with Crippen molar-refractivity contribution >= 4 is 27.8 Å². The predicted octanol–water partition coefficient (Wildman–Crippen LogP) is 4.33. The van der Waals surface area contributed by atoms with Gasteiger partial charge in [0.05, 0.1) is 11.2 Å². The Labute approximate surface area is 127 Å². The first-order valence-corrected chi connectivity index (χ1v) is 7.67. The molecule has 3 aromatic rings. The van der Waals surface area contributed by atoms with E-state index < -0.39 is 0 Å². The SMILES string of the molecule is CC(=O)SCc1c(-c2ccccc2)n(O)c2ccccc12. The predicted molar refractivity (Wildman–Crippen MR) is 86.5 cm³/mol. The number of carbonyl (C=O) groups excluding carboxylic acids is 1. The molecule has 0 unspecified atom stereocenters. The van der Waals surface area contributed by atoms with Gasteiger partial charge >= 0.3 is 0 Å². The molecule has 0 fully saturated rings. The highest BCUT2D eigenvalue weighted by Gasteiger charge is 2.18. The monoisotopic (exact) mass is 297 g/mol. The summed E-state index contributed by atoms with van der Waals surface area (Å²) in [4.78, 5) is 11.3. The first kappa shape index (κ1) is 13.8. The summed E-state index contributed by atoms with van der Waals surface area (Å²) in [7, 11) is 0. The third kappa shape index (κ3) is 2.54. The molecule has 4 heteroatoms. The summed E-state index contributed by atoms with van der Waals surface area (Å²) in [5.74, 6) is 0.549. The van der Waals surface area contributed by atoms with Crippen LogP contribution in [0.5, 0.6) is 0 Å². The maximum atomic E-state index is 11.3. The van der Waals surface area contributed by atoms with Crippen molar-refractivity contribution in [3.63, 3.8) is 0 Å². The van der Waals surface area contributed by atoms with Crippen LogP contribution in [0.1, 0.15) is 12.5 Å². The molecule has 1 heterocycles. The lowest BCUT2D eigenvalue weighted by Gasteiger charge is -2.06. The van der Waals surface area contributed by atoms with Crippen molar-refractivity contribution in [2.24, 2.45) is 0 Å². The van der Waals surface area contributed by atoms with E-state index in [1.807, 2.05) is 54.6 Å². The van der Waals surface area contributed by atoms with Crippen molar-refractivity contribution in [1.82, 2.24) is 4.73 Å². The zero-order chi connectivity index (χ0) is 14.8. The molecule has 1 aromatic heterocycles. The van der Waals surface area contributed by atoms with E-state index in [0.717, 1.165) is 27.7 Å². The van der Waals surface area contributed by atoms with Crippen LogP contribution in [0.15, 0.2) is 54.6 Å². The van der Waals surface area contributed by atoms with E-state index in [1.54, 1.807) is 6.92 Å². The molecule has 0 aliphatic carbocycles. The highest BCUT2D eigenvalue weighted by molar-refractivity contribution is 8.12. The first-order chi connectivity index (χ1) is 10.2. The quantitative estimate of drug-likeness (QED) is 0.732. The molecule has 0 aliphatic heterocycles. The number of thioether (sulfide) groups is 1. The van der Waals surface area contributed by atoms with E-state index in [1.165, 1.54) is 16.5 Å². The molecule has 0 aliphatic rings. The summed E-state index contributed by atoms with van der Waals surface area (Å²) in [5.41, 5.74) is 3.44. The summed E-state index contributed by atoms with van der Waals surface area (Å²) < 4.78 is 1.22. The number of rotatable bonds is 3. The van der Waals surface area contributed by atoms with Crippen LogP contribution >= 0.6 is 11.8 Å². The molecule has 0 amide bonds. The fourth-order valence-corrected chi connectivity index (χ4v) is 3.14. The van der Waals surface area contributed by atoms with E-state index in [9.17, 15) is 10.0 Å². The Kier molecular flexibility index (Phi) is 3.71. The second-order valence-corrected chi connectivity index (χ2v) is 5.95. The van der Waals surface area contributed by atoms with E-state index in [2.05, 4.69) is 0 Å². The molecule has 3 nitrogen and oxygen atoms in total. The Hall–Kier alpha value is -2.20. The van der Waals surface area contributed by atoms with Crippen molar-refractivity contribution in [2.45, 2.75) is 12.7 Å². The zero-order valence-corrected chi connectivity index (χ0v) is 12.4. The molecule has 106 valence electrons. The van der Waals surface area contributed by atoms with Crippen LogP contribution in [0.25, 0.3) is 22.2 Å². The van der Waals surface area contributed by atoms with Crippen LogP contribution < -0.4 is 0 Å². The summed E-state index contributed by atoms with van der Waals surface area (Å²) in [6.07, 6.45) is 0. The van der Waals surface area contributed by atoms with Gasteiger partial charge in [0.15, 0.2) is 5.12 Å². The lowest BCUT2D eigenvalue weighted by Crippen LogP contribution is -1.95. The molecule has 1 N–H and O–H groups in total. The Morgan fingerprint density at radius 3 is 2.48 bits per heavy atom. The fourth-order valence-electron chi connectivity index (χ4n) is 2.50. The number of para-hydroxylation sites is 1. The van der Waals surface area contributed by atoms with Gasteiger partial charge in [0.1, 0.15) is 0 Å². The molecular weight excluding hydrogens is 282 g/mol. The highest BCUT2D eigenvalue weighted by atomic mass is 32.2. The number of carbonyl (C=O) groups is 1.